The van der Waals surface area contributed by atoms with Crippen molar-refractivity contribution in [3.63, 3.8) is 0 Å². The highest BCUT2D eigenvalue weighted by atomic mass is 79.9. The van der Waals surface area contributed by atoms with E-state index in [-0.39, 0.29) is 38.3 Å². The molecule has 0 saturated carbocycles. The van der Waals surface area contributed by atoms with Gasteiger partial charge >= 0.3 is 0 Å². The third-order valence-corrected chi connectivity index (χ3v) is 6.13. The Morgan fingerprint density at radius 2 is 2.16 bits per heavy atom. The van der Waals surface area contributed by atoms with Crippen molar-refractivity contribution < 1.29 is 13.3 Å². The van der Waals surface area contributed by atoms with Crippen molar-refractivity contribution in [2.75, 3.05) is 11.6 Å². The van der Waals surface area contributed by atoms with Crippen LogP contribution in [-0.2, 0) is 9.84 Å². The van der Waals surface area contributed by atoms with E-state index in [0.717, 1.165) is 6.20 Å². The van der Waals surface area contributed by atoms with E-state index in [0.29, 0.717) is 0 Å². The fourth-order valence-electron chi connectivity index (χ4n) is 1.45. The molecule has 0 aliphatic rings. The van der Waals surface area contributed by atoms with Crippen LogP contribution in [0.5, 0.6) is 0 Å². The Morgan fingerprint density at radius 3 is 2.63 bits per heavy atom. The van der Waals surface area contributed by atoms with Gasteiger partial charge in [0.1, 0.15) is 6.20 Å². The van der Waals surface area contributed by atoms with Crippen LogP contribution in [0.2, 0.25) is 0 Å². The molecule has 0 radical (unpaired) electrons. The largest absolute Gasteiger partial charge is 0.291 e. The van der Waals surface area contributed by atoms with Crippen molar-refractivity contribution in [2.45, 2.75) is 18.9 Å². The number of alkyl halides is 1. The summed E-state index contributed by atoms with van der Waals surface area (Å²) in [6.45, 7) is 3.17. The Morgan fingerprint density at radius 1 is 1.58 bits per heavy atom. The summed E-state index contributed by atoms with van der Waals surface area (Å²) in [5.41, 5.74) is 0.00770. The molecule has 1 atom stereocenters. The zero-order valence-corrected chi connectivity index (χ0v) is 13.4. The summed E-state index contributed by atoms with van der Waals surface area (Å²) in [5, 5.41) is 10.5. The van der Waals surface area contributed by atoms with Crippen LogP contribution in [0, 0.1) is 23.0 Å². The standard InChI is InChI=1S/C10H12BrClN2O4S/c1-6(3-12)5-19(17,18)10-9(11)7(2)8(4-13-10)14(15)16/h4,6H,3,5H2,1-2H3. The molecule has 0 spiro atoms. The summed E-state index contributed by atoms with van der Waals surface area (Å²) >= 11 is 8.67. The zero-order valence-electron chi connectivity index (χ0n) is 10.3. The third-order valence-electron chi connectivity index (χ3n) is 2.46. The molecule has 0 aliphatic heterocycles. The molecular weight excluding hydrogens is 360 g/mol. The van der Waals surface area contributed by atoms with E-state index in [4.69, 9.17) is 11.6 Å². The molecule has 0 bridgehead atoms. The minimum absolute atomic E-state index is 0.128. The summed E-state index contributed by atoms with van der Waals surface area (Å²) in [7, 11) is -3.63. The first-order valence-corrected chi connectivity index (χ1v) is 8.27. The molecule has 0 amide bonds. The van der Waals surface area contributed by atoms with Crippen molar-refractivity contribution in [3.8, 4) is 0 Å². The maximum absolute atomic E-state index is 12.1. The maximum atomic E-state index is 12.1. The fourth-order valence-corrected chi connectivity index (χ4v) is 4.39. The molecule has 1 aromatic rings. The molecule has 0 fully saturated rings. The highest BCUT2D eigenvalue weighted by Gasteiger charge is 2.26. The number of aromatic nitrogens is 1. The maximum Gasteiger partial charge on any atom is 0.291 e. The Bertz CT molecular complexity index is 606. The fraction of sp³-hybridized carbons (Fsp3) is 0.500. The molecule has 1 aromatic heterocycles. The van der Waals surface area contributed by atoms with Gasteiger partial charge in [0, 0.05) is 11.4 Å². The Balaban J connectivity index is 3.30. The van der Waals surface area contributed by atoms with Gasteiger partial charge in [-0.1, -0.05) is 6.92 Å². The van der Waals surface area contributed by atoms with Crippen molar-refractivity contribution >= 4 is 43.1 Å². The van der Waals surface area contributed by atoms with Crippen LogP contribution >= 0.6 is 27.5 Å². The molecule has 0 aromatic carbocycles. The Labute approximate surface area is 124 Å². The van der Waals surface area contributed by atoms with E-state index in [1.807, 2.05) is 0 Å². The number of nitro groups is 1. The number of hydrogen-bond acceptors (Lipinski definition) is 5. The highest BCUT2D eigenvalue weighted by Crippen LogP contribution is 2.31. The van der Waals surface area contributed by atoms with Crippen molar-refractivity contribution in [3.05, 3.63) is 26.3 Å². The number of pyridine rings is 1. The second-order valence-corrected chi connectivity index (χ2v) is 7.24. The van der Waals surface area contributed by atoms with Crippen LogP contribution in [0.1, 0.15) is 12.5 Å². The lowest BCUT2D eigenvalue weighted by Crippen LogP contribution is -2.17. The molecule has 1 unspecified atom stereocenters. The Hall–Kier alpha value is -0.730. The molecular formula is C10H12BrClN2O4S. The van der Waals surface area contributed by atoms with Gasteiger partial charge in [0.25, 0.3) is 5.69 Å². The SMILES string of the molecule is Cc1c([N+](=O)[O-])cnc(S(=O)(=O)CC(C)CCl)c1Br. The van der Waals surface area contributed by atoms with Gasteiger partial charge in [0.2, 0.25) is 0 Å². The number of sulfone groups is 1. The van der Waals surface area contributed by atoms with E-state index >= 15 is 0 Å². The van der Waals surface area contributed by atoms with E-state index in [9.17, 15) is 18.5 Å². The van der Waals surface area contributed by atoms with Crippen LogP contribution in [0.3, 0.4) is 0 Å². The second kappa shape index (κ2) is 6.15. The quantitative estimate of drug-likeness (QED) is 0.451. The van der Waals surface area contributed by atoms with Gasteiger partial charge in [-0.05, 0) is 28.8 Å². The van der Waals surface area contributed by atoms with Gasteiger partial charge in [-0.3, -0.25) is 10.1 Å². The minimum atomic E-state index is -3.63. The van der Waals surface area contributed by atoms with Gasteiger partial charge in [0.15, 0.2) is 14.9 Å². The molecule has 106 valence electrons. The first-order valence-electron chi connectivity index (χ1n) is 5.29. The highest BCUT2D eigenvalue weighted by molar-refractivity contribution is 9.10. The molecule has 9 heteroatoms. The van der Waals surface area contributed by atoms with Crippen LogP contribution < -0.4 is 0 Å². The molecule has 19 heavy (non-hydrogen) atoms. The average Bonchev–Trinajstić information content (AvgIpc) is 2.30. The first-order chi connectivity index (χ1) is 8.70. The predicted molar refractivity (Wildman–Crippen MR) is 75.3 cm³/mol. The van der Waals surface area contributed by atoms with Crippen molar-refractivity contribution in [1.29, 1.82) is 0 Å². The van der Waals surface area contributed by atoms with Crippen LogP contribution in [0.15, 0.2) is 15.7 Å². The van der Waals surface area contributed by atoms with E-state index in [1.165, 1.54) is 6.92 Å². The summed E-state index contributed by atoms with van der Waals surface area (Å²) in [5.74, 6) is -0.168. The van der Waals surface area contributed by atoms with E-state index in [1.54, 1.807) is 6.92 Å². The number of hydrogen-bond donors (Lipinski definition) is 0. The number of nitrogens with zero attached hydrogens (tertiary/aromatic N) is 2. The van der Waals surface area contributed by atoms with Gasteiger partial charge < -0.3 is 0 Å². The molecule has 0 N–H and O–H groups in total. The van der Waals surface area contributed by atoms with Crippen molar-refractivity contribution in [2.24, 2.45) is 5.92 Å². The van der Waals surface area contributed by atoms with Crippen LogP contribution in [0.4, 0.5) is 5.69 Å². The summed E-state index contributed by atoms with van der Waals surface area (Å²) < 4.78 is 24.4. The van der Waals surface area contributed by atoms with Crippen molar-refractivity contribution in [1.82, 2.24) is 4.98 Å². The Kier molecular flexibility index (Phi) is 5.28. The smallest absolute Gasteiger partial charge is 0.258 e. The van der Waals surface area contributed by atoms with Gasteiger partial charge in [-0.25, -0.2) is 13.4 Å². The van der Waals surface area contributed by atoms with Gasteiger partial charge in [-0.15, -0.1) is 11.6 Å². The molecule has 1 rings (SSSR count). The summed E-state index contributed by atoms with van der Waals surface area (Å²) in [6.07, 6.45) is 0.957. The van der Waals surface area contributed by atoms with Crippen LogP contribution in [0.25, 0.3) is 0 Å². The van der Waals surface area contributed by atoms with Gasteiger partial charge in [0.05, 0.1) is 15.1 Å². The summed E-state index contributed by atoms with van der Waals surface area (Å²) in [4.78, 5) is 13.8. The monoisotopic (exact) mass is 370 g/mol. The lowest BCUT2D eigenvalue weighted by Gasteiger charge is -2.10. The number of halogens is 2. The predicted octanol–water partition coefficient (Wildman–Crippen LogP) is 2.71. The lowest BCUT2D eigenvalue weighted by molar-refractivity contribution is -0.385. The average molecular weight is 372 g/mol. The minimum Gasteiger partial charge on any atom is -0.258 e. The van der Waals surface area contributed by atoms with Gasteiger partial charge in [-0.2, -0.15) is 0 Å². The second-order valence-electron chi connectivity index (χ2n) is 4.19. The molecule has 1 heterocycles. The first kappa shape index (κ1) is 16.3. The van der Waals surface area contributed by atoms with Crippen LogP contribution in [-0.4, -0.2) is 30.0 Å². The molecule has 0 saturated heterocycles. The third kappa shape index (κ3) is 3.64. The number of rotatable bonds is 5. The molecule has 6 nitrogen and oxygen atoms in total. The lowest BCUT2D eigenvalue weighted by atomic mass is 10.2. The normalized spacial score (nSPS) is 13.3. The van der Waals surface area contributed by atoms with E-state index < -0.39 is 14.8 Å². The topological polar surface area (TPSA) is 90.2 Å². The molecule has 0 aliphatic carbocycles. The zero-order chi connectivity index (χ0) is 14.8. The van der Waals surface area contributed by atoms with E-state index in [2.05, 4.69) is 20.9 Å². The summed E-state index contributed by atoms with van der Waals surface area (Å²) in [6, 6.07) is 0.